The molecule has 1 heterocycles. The molecule has 2 aliphatic rings. The van der Waals surface area contributed by atoms with Gasteiger partial charge in [0.05, 0.1) is 6.10 Å². The van der Waals surface area contributed by atoms with E-state index in [0.29, 0.717) is 24.5 Å². The van der Waals surface area contributed by atoms with Gasteiger partial charge in [-0.2, -0.15) is 0 Å². The van der Waals surface area contributed by atoms with Crippen molar-refractivity contribution in [1.29, 1.82) is 0 Å². The molecule has 6 heteroatoms. The van der Waals surface area contributed by atoms with Crippen molar-refractivity contribution in [2.75, 3.05) is 0 Å². The molecule has 1 aliphatic carbocycles. The minimum absolute atomic E-state index is 0. The van der Waals surface area contributed by atoms with Crippen LogP contribution in [0.2, 0.25) is 0 Å². The monoisotopic (exact) mass is 419 g/mol. The van der Waals surface area contributed by atoms with Crippen molar-refractivity contribution in [3.05, 3.63) is 24.0 Å². The Morgan fingerprint density at radius 3 is 2.69 bits per heavy atom. The molecule has 29 heavy (non-hydrogen) atoms. The summed E-state index contributed by atoms with van der Waals surface area (Å²) in [6.45, 7) is 8.42. The summed E-state index contributed by atoms with van der Waals surface area (Å²) in [5, 5.41) is 19.3. The van der Waals surface area contributed by atoms with Crippen molar-refractivity contribution in [2.45, 2.75) is 91.0 Å². The number of aliphatic carboxylic acids is 1. The zero-order chi connectivity index (χ0) is 20.9. The fourth-order valence-corrected chi connectivity index (χ4v) is 4.50. The second kappa shape index (κ2) is 11.9. The predicted molar refractivity (Wildman–Crippen MR) is 114 cm³/mol. The number of alkyl halides is 1. The minimum Gasteiger partial charge on any atom is -0.492 e. The van der Waals surface area contributed by atoms with Gasteiger partial charge in [0.15, 0.2) is 6.17 Å². The van der Waals surface area contributed by atoms with Crippen LogP contribution in [0.15, 0.2) is 24.0 Å². The number of aliphatic hydroxyl groups excluding tert-OH is 1. The van der Waals surface area contributed by atoms with Crippen LogP contribution in [0.3, 0.4) is 0 Å². The Labute approximate surface area is 197 Å². The van der Waals surface area contributed by atoms with Gasteiger partial charge in [-0.15, -0.1) is 0 Å². The molecule has 1 saturated carbocycles. The summed E-state index contributed by atoms with van der Waals surface area (Å²) >= 11 is 0. The molecule has 0 aromatic carbocycles. The van der Waals surface area contributed by atoms with Crippen molar-refractivity contribution in [2.24, 2.45) is 23.2 Å². The van der Waals surface area contributed by atoms with Gasteiger partial charge in [0.1, 0.15) is 11.9 Å². The molecule has 0 amide bonds. The van der Waals surface area contributed by atoms with Crippen LogP contribution < -0.4 is 0 Å². The number of rotatable bonds is 10. The van der Waals surface area contributed by atoms with E-state index in [-0.39, 0.29) is 59.3 Å². The molecule has 0 bridgehead atoms. The predicted octanol–water partition coefficient (Wildman–Crippen LogP) is 4.89. The normalized spacial score (nSPS) is 31.5. The third kappa shape index (κ3) is 7.09. The van der Waals surface area contributed by atoms with Crippen LogP contribution in [0.1, 0.15) is 72.6 Å². The van der Waals surface area contributed by atoms with Crippen LogP contribution in [0, 0.1) is 23.2 Å². The van der Waals surface area contributed by atoms with E-state index in [9.17, 15) is 9.90 Å². The molecule has 2 rings (SSSR count). The number of allylic oxidation sites excluding steroid dienone is 3. The summed E-state index contributed by atoms with van der Waals surface area (Å²) in [7, 11) is 0. The van der Waals surface area contributed by atoms with Gasteiger partial charge in [0.2, 0.25) is 0 Å². The molecule has 1 radical (unpaired) electrons. The maximum absolute atomic E-state index is 15.1. The van der Waals surface area contributed by atoms with E-state index in [1.54, 1.807) is 6.08 Å². The summed E-state index contributed by atoms with van der Waals surface area (Å²) in [4.78, 5) is 10.6. The molecule has 4 nitrogen and oxygen atoms in total. The standard InChI is InChI=1S/C23H37FO4.Na/c1-5-6-13-23(3,4)19(25)12-11-16-15(2)14-18-21(16)22(24)17(28-18)9-7-8-10-20(26)27;/h9,11-12,15-16,18-19,21-22,25H,5-8,10,13-14H2,1-4H3,(H,26,27);/t15-,16+,18+,19-,21-,22?;/m1./s1. The van der Waals surface area contributed by atoms with Gasteiger partial charge >= 0.3 is 5.97 Å². The van der Waals surface area contributed by atoms with E-state index in [1.165, 1.54) is 0 Å². The van der Waals surface area contributed by atoms with E-state index in [0.717, 1.165) is 25.7 Å². The Balaban J connectivity index is 0.00000420. The molecule has 2 N–H and O–H groups in total. The zero-order valence-corrected chi connectivity index (χ0v) is 20.7. The van der Waals surface area contributed by atoms with E-state index in [4.69, 9.17) is 9.84 Å². The Morgan fingerprint density at radius 1 is 1.38 bits per heavy atom. The number of carboxylic acids is 1. The third-order valence-electron chi connectivity index (χ3n) is 6.46. The topological polar surface area (TPSA) is 66.8 Å². The Kier molecular flexibility index (Phi) is 10.9. The number of hydrogen-bond donors (Lipinski definition) is 2. The number of aliphatic hydroxyl groups is 1. The largest absolute Gasteiger partial charge is 0.492 e. The fourth-order valence-electron chi connectivity index (χ4n) is 4.50. The molecule has 0 spiro atoms. The molecule has 161 valence electrons. The molecule has 0 aromatic heterocycles. The van der Waals surface area contributed by atoms with Crippen LogP contribution in [0.5, 0.6) is 0 Å². The zero-order valence-electron chi connectivity index (χ0n) is 18.7. The van der Waals surface area contributed by atoms with E-state index < -0.39 is 18.2 Å². The number of unbranched alkanes of at least 4 members (excludes halogenated alkanes) is 2. The van der Waals surface area contributed by atoms with Crippen LogP contribution in [-0.4, -0.2) is 64.1 Å². The smallest absolute Gasteiger partial charge is 0.303 e. The SMILES string of the molecule is CCCCC(C)(C)[C@H](O)C=C[C@@H]1[C@H]2C(F)C(=CCCCC(=O)O)O[C@H]2C[C@H]1C.[Na]. The summed E-state index contributed by atoms with van der Waals surface area (Å²) < 4.78 is 20.9. The van der Waals surface area contributed by atoms with Gasteiger partial charge < -0.3 is 14.9 Å². The van der Waals surface area contributed by atoms with E-state index in [1.807, 2.05) is 12.2 Å². The third-order valence-corrected chi connectivity index (χ3v) is 6.46. The summed E-state index contributed by atoms with van der Waals surface area (Å²) in [6.07, 6.45) is 8.81. The summed E-state index contributed by atoms with van der Waals surface area (Å²) in [6, 6.07) is 0. The van der Waals surface area contributed by atoms with Crippen LogP contribution in [0.4, 0.5) is 4.39 Å². The number of ether oxygens (including phenoxy) is 1. The molecule has 6 atom stereocenters. The van der Waals surface area contributed by atoms with Gasteiger partial charge in [-0.25, -0.2) is 4.39 Å². The Hall–Kier alpha value is -0.360. The van der Waals surface area contributed by atoms with Crippen molar-refractivity contribution in [3.63, 3.8) is 0 Å². The summed E-state index contributed by atoms with van der Waals surface area (Å²) in [5.41, 5.74) is -0.190. The average molecular weight is 420 g/mol. The maximum Gasteiger partial charge on any atom is 0.303 e. The first-order valence-corrected chi connectivity index (χ1v) is 10.8. The molecule has 1 unspecified atom stereocenters. The van der Waals surface area contributed by atoms with Crippen molar-refractivity contribution < 1.29 is 24.1 Å². The quantitative estimate of drug-likeness (QED) is 0.301. The maximum atomic E-state index is 15.1. The summed E-state index contributed by atoms with van der Waals surface area (Å²) in [5.74, 6) is -0.332. The second-order valence-electron chi connectivity index (χ2n) is 9.24. The Morgan fingerprint density at radius 2 is 2.07 bits per heavy atom. The molecule has 0 aromatic rings. The van der Waals surface area contributed by atoms with Gasteiger partial charge in [0.25, 0.3) is 0 Å². The number of fused-ring (bicyclic) bond motifs is 1. The molecular formula is C23H37FNaO4. The number of carbonyl (C=O) groups is 1. The number of halogens is 1. The Bertz CT molecular complexity index is 589. The van der Waals surface area contributed by atoms with Crippen molar-refractivity contribution in [1.82, 2.24) is 0 Å². The first-order valence-electron chi connectivity index (χ1n) is 10.8. The first kappa shape index (κ1) is 26.7. The van der Waals surface area contributed by atoms with Gasteiger partial charge in [-0.05, 0) is 49.0 Å². The van der Waals surface area contributed by atoms with Gasteiger partial charge in [-0.3, -0.25) is 4.79 Å². The molecule has 2 fully saturated rings. The van der Waals surface area contributed by atoms with Crippen molar-refractivity contribution in [3.8, 4) is 0 Å². The van der Waals surface area contributed by atoms with Crippen LogP contribution in [-0.2, 0) is 9.53 Å². The van der Waals surface area contributed by atoms with Gasteiger partial charge in [-0.1, -0.05) is 52.7 Å². The van der Waals surface area contributed by atoms with E-state index >= 15 is 4.39 Å². The van der Waals surface area contributed by atoms with E-state index in [2.05, 4.69) is 27.7 Å². The second-order valence-corrected chi connectivity index (χ2v) is 9.24. The minimum atomic E-state index is -1.15. The average Bonchev–Trinajstić information content (AvgIpc) is 3.09. The number of hydrogen-bond acceptors (Lipinski definition) is 3. The molecular weight excluding hydrogens is 382 g/mol. The molecule has 1 aliphatic heterocycles. The number of carboxylic acid groups (broad SMARTS) is 1. The molecule has 1 saturated heterocycles. The van der Waals surface area contributed by atoms with Crippen LogP contribution in [0.25, 0.3) is 0 Å². The van der Waals surface area contributed by atoms with Gasteiger partial charge in [0, 0.05) is 41.9 Å². The van der Waals surface area contributed by atoms with Crippen LogP contribution >= 0.6 is 0 Å². The first-order chi connectivity index (χ1) is 13.2. The van der Waals surface area contributed by atoms with Crippen molar-refractivity contribution >= 4 is 35.5 Å². The fraction of sp³-hybridized carbons (Fsp3) is 0.783.